The predicted octanol–water partition coefficient (Wildman–Crippen LogP) is -0.542. The van der Waals surface area contributed by atoms with Gasteiger partial charge in [0, 0.05) is 26.2 Å². The number of aryl methyl sites for hydroxylation is 1. The third kappa shape index (κ3) is 2.58. The van der Waals surface area contributed by atoms with Crippen LogP contribution in [0.2, 0.25) is 0 Å². The normalized spacial score (nSPS) is 22.5. The van der Waals surface area contributed by atoms with E-state index in [4.69, 9.17) is 10.5 Å². The third-order valence-electron chi connectivity index (χ3n) is 2.85. The van der Waals surface area contributed by atoms with Gasteiger partial charge in [0.25, 0.3) is 0 Å². The summed E-state index contributed by atoms with van der Waals surface area (Å²) in [5, 5.41) is 4.16. The number of hydrogen-bond donors (Lipinski definition) is 1. The highest BCUT2D eigenvalue weighted by atomic mass is 16.5. The van der Waals surface area contributed by atoms with Crippen LogP contribution in [0.3, 0.4) is 0 Å². The second-order valence-corrected chi connectivity index (χ2v) is 3.96. The summed E-state index contributed by atoms with van der Waals surface area (Å²) in [6.45, 7) is 6.91. The molecule has 16 heavy (non-hydrogen) atoms. The molecule has 90 valence electrons. The number of rotatable bonds is 4. The Bertz CT molecular complexity index is 327. The molecule has 0 aliphatic carbocycles. The number of morpholine rings is 1. The topological polar surface area (TPSA) is 69.2 Å². The van der Waals surface area contributed by atoms with Crippen LogP contribution in [0, 0.1) is 0 Å². The van der Waals surface area contributed by atoms with Gasteiger partial charge in [-0.25, -0.2) is 9.67 Å². The standard InChI is InChI=1S/C10H19N5O/c1-2-15-10(12-8-13-15)7-14-3-4-16-9(5-11)6-14/h8-9H,2-7,11H2,1H3. The molecule has 1 aliphatic heterocycles. The molecule has 0 radical (unpaired) electrons. The van der Waals surface area contributed by atoms with E-state index in [0.717, 1.165) is 38.6 Å². The molecule has 2 heterocycles. The molecule has 6 heteroatoms. The minimum Gasteiger partial charge on any atom is -0.374 e. The molecule has 6 nitrogen and oxygen atoms in total. The van der Waals surface area contributed by atoms with Crippen molar-refractivity contribution in [1.29, 1.82) is 0 Å². The molecule has 1 aromatic heterocycles. The van der Waals surface area contributed by atoms with Crippen molar-refractivity contribution in [2.24, 2.45) is 5.73 Å². The average Bonchev–Trinajstić information content (AvgIpc) is 2.76. The van der Waals surface area contributed by atoms with Crippen LogP contribution in [0.25, 0.3) is 0 Å². The molecule has 1 saturated heterocycles. The van der Waals surface area contributed by atoms with Gasteiger partial charge < -0.3 is 10.5 Å². The number of ether oxygens (including phenoxy) is 1. The van der Waals surface area contributed by atoms with Gasteiger partial charge in [0.15, 0.2) is 0 Å². The van der Waals surface area contributed by atoms with E-state index in [0.29, 0.717) is 6.54 Å². The first-order valence-electron chi connectivity index (χ1n) is 5.74. The van der Waals surface area contributed by atoms with Crippen LogP contribution in [0.15, 0.2) is 6.33 Å². The lowest BCUT2D eigenvalue weighted by molar-refractivity contribution is -0.0271. The largest absolute Gasteiger partial charge is 0.374 e. The van der Waals surface area contributed by atoms with Crippen molar-refractivity contribution < 1.29 is 4.74 Å². The van der Waals surface area contributed by atoms with Gasteiger partial charge in [-0.15, -0.1) is 0 Å². The van der Waals surface area contributed by atoms with Gasteiger partial charge in [0.1, 0.15) is 12.2 Å². The Balaban J connectivity index is 1.93. The average molecular weight is 225 g/mol. The van der Waals surface area contributed by atoms with E-state index in [-0.39, 0.29) is 6.10 Å². The zero-order chi connectivity index (χ0) is 11.4. The van der Waals surface area contributed by atoms with Gasteiger partial charge in [0.05, 0.1) is 19.3 Å². The molecular weight excluding hydrogens is 206 g/mol. The van der Waals surface area contributed by atoms with Crippen LogP contribution < -0.4 is 5.73 Å². The summed E-state index contributed by atoms with van der Waals surface area (Å²) in [6, 6.07) is 0. The van der Waals surface area contributed by atoms with Crippen LogP contribution in [0.4, 0.5) is 0 Å². The molecule has 2 N–H and O–H groups in total. The highest BCUT2D eigenvalue weighted by Crippen LogP contribution is 2.08. The Morgan fingerprint density at radius 3 is 3.25 bits per heavy atom. The highest BCUT2D eigenvalue weighted by molar-refractivity contribution is 4.86. The fraction of sp³-hybridized carbons (Fsp3) is 0.800. The monoisotopic (exact) mass is 225 g/mol. The van der Waals surface area contributed by atoms with Crippen LogP contribution in [-0.2, 0) is 17.8 Å². The van der Waals surface area contributed by atoms with Gasteiger partial charge in [-0.2, -0.15) is 5.10 Å². The van der Waals surface area contributed by atoms with E-state index in [1.54, 1.807) is 6.33 Å². The number of nitrogens with two attached hydrogens (primary N) is 1. The summed E-state index contributed by atoms with van der Waals surface area (Å²) in [7, 11) is 0. The van der Waals surface area contributed by atoms with Crippen molar-refractivity contribution in [2.75, 3.05) is 26.2 Å². The first-order valence-corrected chi connectivity index (χ1v) is 5.74. The fourth-order valence-corrected chi connectivity index (χ4v) is 1.94. The van der Waals surface area contributed by atoms with Crippen LogP contribution in [-0.4, -0.2) is 52.0 Å². The minimum absolute atomic E-state index is 0.159. The SMILES string of the molecule is CCn1ncnc1CN1CCOC(CN)C1. The van der Waals surface area contributed by atoms with E-state index in [9.17, 15) is 0 Å². The summed E-state index contributed by atoms with van der Waals surface area (Å²) in [5.41, 5.74) is 5.61. The van der Waals surface area contributed by atoms with Crippen LogP contribution >= 0.6 is 0 Å². The Morgan fingerprint density at radius 2 is 2.50 bits per heavy atom. The Labute approximate surface area is 95.4 Å². The van der Waals surface area contributed by atoms with Crippen LogP contribution in [0.5, 0.6) is 0 Å². The maximum absolute atomic E-state index is 5.61. The molecule has 0 spiro atoms. The lowest BCUT2D eigenvalue weighted by Gasteiger charge is -2.31. The maximum atomic E-state index is 5.61. The number of nitrogens with zero attached hydrogens (tertiary/aromatic N) is 4. The first kappa shape index (κ1) is 11.5. The third-order valence-corrected chi connectivity index (χ3v) is 2.85. The molecule has 1 aromatic rings. The predicted molar refractivity (Wildman–Crippen MR) is 59.8 cm³/mol. The summed E-state index contributed by atoms with van der Waals surface area (Å²) in [6.07, 6.45) is 1.77. The minimum atomic E-state index is 0.159. The number of hydrogen-bond acceptors (Lipinski definition) is 5. The van der Waals surface area contributed by atoms with Gasteiger partial charge >= 0.3 is 0 Å². The first-order chi connectivity index (χ1) is 7.83. The van der Waals surface area contributed by atoms with Crippen molar-refractivity contribution >= 4 is 0 Å². The molecule has 0 aromatic carbocycles. The van der Waals surface area contributed by atoms with Gasteiger partial charge in [0.2, 0.25) is 0 Å². The van der Waals surface area contributed by atoms with Crippen LogP contribution in [0.1, 0.15) is 12.7 Å². The maximum Gasteiger partial charge on any atom is 0.140 e. The lowest BCUT2D eigenvalue weighted by Crippen LogP contribution is -2.45. The molecule has 1 fully saturated rings. The number of aromatic nitrogens is 3. The zero-order valence-electron chi connectivity index (χ0n) is 9.67. The Morgan fingerprint density at radius 1 is 1.62 bits per heavy atom. The second-order valence-electron chi connectivity index (χ2n) is 3.96. The Kier molecular flexibility index (Phi) is 3.87. The zero-order valence-corrected chi connectivity index (χ0v) is 9.67. The molecule has 0 amide bonds. The van der Waals surface area contributed by atoms with Crippen molar-refractivity contribution in [2.45, 2.75) is 26.1 Å². The molecule has 0 saturated carbocycles. The van der Waals surface area contributed by atoms with Gasteiger partial charge in [-0.1, -0.05) is 0 Å². The van der Waals surface area contributed by atoms with Crippen molar-refractivity contribution in [3.63, 3.8) is 0 Å². The molecular formula is C10H19N5O. The van der Waals surface area contributed by atoms with Crippen molar-refractivity contribution in [3.05, 3.63) is 12.2 Å². The van der Waals surface area contributed by atoms with E-state index in [1.807, 2.05) is 4.68 Å². The summed E-state index contributed by atoms with van der Waals surface area (Å²) in [4.78, 5) is 6.59. The van der Waals surface area contributed by atoms with E-state index in [1.165, 1.54) is 0 Å². The van der Waals surface area contributed by atoms with Gasteiger partial charge in [-0.05, 0) is 6.92 Å². The molecule has 2 rings (SSSR count). The van der Waals surface area contributed by atoms with E-state index >= 15 is 0 Å². The summed E-state index contributed by atoms with van der Waals surface area (Å²) in [5.74, 6) is 1.01. The van der Waals surface area contributed by atoms with Gasteiger partial charge in [-0.3, -0.25) is 4.90 Å². The summed E-state index contributed by atoms with van der Waals surface area (Å²) < 4.78 is 7.45. The fourth-order valence-electron chi connectivity index (χ4n) is 1.94. The van der Waals surface area contributed by atoms with E-state index in [2.05, 4.69) is 21.9 Å². The smallest absolute Gasteiger partial charge is 0.140 e. The molecule has 1 atom stereocenters. The molecule has 0 bridgehead atoms. The van der Waals surface area contributed by atoms with E-state index < -0.39 is 0 Å². The van der Waals surface area contributed by atoms with Crippen molar-refractivity contribution in [3.8, 4) is 0 Å². The Hall–Kier alpha value is -0.980. The molecule has 1 unspecified atom stereocenters. The quantitative estimate of drug-likeness (QED) is 0.745. The second kappa shape index (κ2) is 5.38. The highest BCUT2D eigenvalue weighted by Gasteiger charge is 2.20. The molecule has 1 aliphatic rings. The van der Waals surface area contributed by atoms with Crippen molar-refractivity contribution in [1.82, 2.24) is 19.7 Å². The lowest BCUT2D eigenvalue weighted by atomic mass is 10.2. The summed E-state index contributed by atoms with van der Waals surface area (Å²) >= 11 is 0.